The van der Waals surface area contributed by atoms with Gasteiger partial charge in [-0.3, -0.25) is 0 Å². The Hall–Kier alpha value is -1.33. The number of rotatable bonds is 0. The van der Waals surface area contributed by atoms with Crippen molar-refractivity contribution in [2.45, 2.75) is 0 Å². The third kappa shape index (κ3) is 2.32. The first-order chi connectivity index (χ1) is 11.4. The molecule has 1 aromatic carbocycles. The first kappa shape index (κ1) is 14.1. The van der Waals surface area contributed by atoms with Crippen LogP contribution in [0, 0.1) is 0 Å². The molecule has 0 radical (unpaired) electrons. The molecule has 0 saturated heterocycles. The Labute approximate surface area is 150 Å². The van der Waals surface area contributed by atoms with Crippen molar-refractivity contribution in [3.63, 3.8) is 0 Å². The summed E-state index contributed by atoms with van der Waals surface area (Å²) in [6.45, 7) is 0. The maximum absolute atomic E-state index is 2.32. The molecule has 0 atom stereocenters. The molecule has 0 saturated carbocycles. The number of hydrogen-bond donors (Lipinski definition) is 0. The van der Waals surface area contributed by atoms with Crippen LogP contribution in [0.2, 0.25) is 0 Å². The van der Waals surface area contributed by atoms with Crippen molar-refractivity contribution < 1.29 is 0 Å². The predicted molar refractivity (Wildman–Crippen MR) is 110 cm³/mol. The van der Waals surface area contributed by atoms with Crippen molar-refractivity contribution >= 4 is 76.2 Å². The average molecular weight is 369 g/mol. The van der Waals surface area contributed by atoms with Gasteiger partial charge in [-0.2, -0.15) is 0 Å². The van der Waals surface area contributed by atoms with Crippen LogP contribution in [0.4, 0.5) is 0 Å². The standard InChI is InChI=1S/C11H8S.C8H4S3/c1-2-4-9-8(3-1)7-11-10(9)5-6-12-11;1-3-10-8-5(1)7-6(11-8)2-4-9-7/h1-5,7H,6H2;1-4H. The number of fused-ring (bicyclic) bond motifs is 6. The predicted octanol–water partition coefficient (Wildman–Crippen LogP) is 7.35. The fraction of sp³-hybridized carbons (Fsp3) is 0.0526. The van der Waals surface area contributed by atoms with E-state index in [1.54, 1.807) is 0 Å². The van der Waals surface area contributed by atoms with E-state index in [9.17, 15) is 0 Å². The summed E-state index contributed by atoms with van der Waals surface area (Å²) in [7, 11) is 0. The lowest BCUT2D eigenvalue weighted by Gasteiger charge is -1.97. The number of thiophene rings is 3. The van der Waals surface area contributed by atoms with E-state index in [-0.39, 0.29) is 0 Å². The summed E-state index contributed by atoms with van der Waals surface area (Å²) >= 11 is 7.53. The Morgan fingerprint density at radius 2 is 1.83 bits per heavy atom. The molecule has 0 nitrogen and oxygen atoms in total. The zero-order valence-corrected chi connectivity index (χ0v) is 15.4. The largest absolute Gasteiger partial charge is 0.142 e. The van der Waals surface area contributed by atoms with E-state index in [2.05, 4.69) is 59.3 Å². The highest BCUT2D eigenvalue weighted by molar-refractivity contribution is 8.04. The minimum Gasteiger partial charge on any atom is -0.142 e. The van der Waals surface area contributed by atoms with Crippen molar-refractivity contribution in [3.05, 3.63) is 69.3 Å². The summed E-state index contributed by atoms with van der Waals surface area (Å²) in [5.41, 5.74) is 4.25. The Balaban J connectivity index is 0.000000106. The van der Waals surface area contributed by atoms with Crippen LogP contribution in [0.1, 0.15) is 11.1 Å². The number of thioether (sulfide) groups is 1. The Morgan fingerprint density at radius 3 is 2.83 bits per heavy atom. The molecule has 4 aromatic rings. The fourth-order valence-corrected chi connectivity index (χ4v) is 7.35. The average Bonchev–Trinajstić information content (AvgIpc) is 3.32. The summed E-state index contributed by atoms with van der Waals surface area (Å²) < 4.78 is 4.37. The maximum Gasteiger partial charge on any atom is 0.0885 e. The molecule has 23 heavy (non-hydrogen) atoms. The molecule has 0 unspecified atom stereocenters. The molecule has 0 spiro atoms. The topological polar surface area (TPSA) is 0 Å². The van der Waals surface area contributed by atoms with E-state index in [1.807, 2.05) is 45.8 Å². The van der Waals surface area contributed by atoms with Gasteiger partial charge in [0.25, 0.3) is 0 Å². The van der Waals surface area contributed by atoms with Crippen LogP contribution in [0.5, 0.6) is 0 Å². The van der Waals surface area contributed by atoms with E-state index in [0.29, 0.717) is 0 Å². The molecular weight excluding hydrogens is 356 g/mol. The van der Waals surface area contributed by atoms with Gasteiger partial charge in [0.2, 0.25) is 0 Å². The molecule has 1 aliphatic carbocycles. The van der Waals surface area contributed by atoms with Crippen LogP contribution in [-0.2, 0) is 0 Å². The number of benzene rings is 1. The van der Waals surface area contributed by atoms with Crippen molar-refractivity contribution in [2.75, 3.05) is 5.75 Å². The first-order valence-electron chi connectivity index (χ1n) is 7.38. The summed E-state index contributed by atoms with van der Waals surface area (Å²) in [4.78, 5) is 1.45. The summed E-state index contributed by atoms with van der Waals surface area (Å²) in [5.74, 6) is 1.15. The monoisotopic (exact) mass is 368 g/mol. The van der Waals surface area contributed by atoms with Crippen LogP contribution in [0.3, 0.4) is 0 Å². The molecule has 4 heteroatoms. The van der Waals surface area contributed by atoms with Gasteiger partial charge in [-0.25, -0.2) is 0 Å². The van der Waals surface area contributed by atoms with Gasteiger partial charge in [0.05, 0.1) is 8.71 Å². The summed E-state index contributed by atoms with van der Waals surface area (Å²) in [6.07, 6.45) is 4.61. The molecule has 0 amide bonds. The molecule has 112 valence electrons. The highest BCUT2D eigenvalue weighted by Crippen LogP contribution is 2.45. The molecule has 6 rings (SSSR count). The highest BCUT2D eigenvalue weighted by atomic mass is 32.2. The maximum atomic E-state index is 2.32. The van der Waals surface area contributed by atoms with Gasteiger partial charge in [-0.15, -0.1) is 45.8 Å². The smallest absolute Gasteiger partial charge is 0.0885 e. The minimum atomic E-state index is 1.15. The minimum absolute atomic E-state index is 1.15. The SMILES string of the molecule is C1=C2SCC=C2c2ccccc21.c1cc2c(s1)sc1ccsc12. The van der Waals surface area contributed by atoms with Crippen molar-refractivity contribution in [3.8, 4) is 0 Å². The molecule has 1 aliphatic heterocycles. The first-order valence-corrected chi connectivity index (χ1v) is 10.9. The molecule has 0 fully saturated rings. The second-order valence-electron chi connectivity index (χ2n) is 5.36. The van der Waals surface area contributed by atoms with E-state index < -0.39 is 0 Å². The van der Waals surface area contributed by atoms with Gasteiger partial charge >= 0.3 is 0 Å². The Kier molecular flexibility index (Phi) is 3.44. The van der Waals surface area contributed by atoms with Crippen LogP contribution in [-0.4, -0.2) is 5.75 Å². The van der Waals surface area contributed by atoms with Gasteiger partial charge in [0, 0.05) is 20.7 Å². The third-order valence-corrected chi connectivity index (χ3v) is 8.30. The van der Waals surface area contributed by atoms with Crippen LogP contribution >= 0.6 is 45.8 Å². The van der Waals surface area contributed by atoms with E-state index in [1.165, 1.54) is 40.4 Å². The summed E-state index contributed by atoms with van der Waals surface area (Å²) in [6, 6.07) is 13.0. The van der Waals surface area contributed by atoms with Gasteiger partial charge < -0.3 is 0 Å². The zero-order valence-electron chi connectivity index (χ0n) is 12.1. The van der Waals surface area contributed by atoms with Crippen LogP contribution < -0.4 is 0 Å². The molecular formula is C19H12S4. The van der Waals surface area contributed by atoms with Gasteiger partial charge in [0.1, 0.15) is 0 Å². The number of allylic oxidation sites excluding steroid dienone is 1. The second kappa shape index (κ2) is 5.64. The number of hydrogen-bond acceptors (Lipinski definition) is 4. The van der Waals surface area contributed by atoms with Crippen LogP contribution in [0.25, 0.3) is 30.4 Å². The molecule has 2 aliphatic rings. The van der Waals surface area contributed by atoms with E-state index in [0.717, 1.165) is 5.75 Å². The van der Waals surface area contributed by atoms with E-state index in [4.69, 9.17) is 0 Å². The molecule has 3 aromatic heterocycles. The lowest BCUT2D eigenvalue weighted by atomic mass is 10.1. The molecule has 0 N–H and O–H groups in total. The molecule has 4 heterocycles. The lowest BCUT2D eigenvalue weighted by molar-refractivity contribution is 1.61. The molecule has 0 bridgehead atoms. The van der Waals surface area contributed by atoms with Crippen molar-refractivity contribution in [1.82, 2.24) is 0 Å². The fourth-order valence-electron chi connectivity index (χ4n) is 2.98. The summed E-state index contributed by atoms with van der Waals surface area (Å²) in [5, 5.41) is 5.78. The van der Waals surface area contributed by atoms with Gasteiger partial charge in [-0.05, 0) is 45.7 Å². The van der Waals surface area contributed by atoms with E-state index >= 15 is 0 Å². The zero-order chi connectivity index (χ0) is 15.2. The Bertz CT molecular complexity index is 1030. The van der Waals surface area contributed by atoms with Gasteiger partial charge in [-0.1, -0.05) is 30.3 Å². The second-order valence-corrected chi connectivity index (χ2v) is 9.57. The highest BCUT2D eigenvalue weighted by Gasteiger charge is 2.21. The third-order valence-electron chi connectivity index (χ3n) is 4.04. The quantitative estimate of drug-likeness (QED) is 0.313. The lowest BCUT2D eigenvalue weighted by Crippen LogP contribution is -1.78. The van der Waals surface area contributed by atoms with Crippen molar-refractivity contribution in [2.24, 2.45) is 0 Å². The van der Waals surface area contributed by atoms with Crippen molar-refractivity contribution in [1.29, 1.82) is 0 Å². The normalized spacial score (nSPS) is 15.1. The van der Waals surface area contributed by atoms with Gasteiger partial charge in [0.15, 0.2) is 0 Å². The Morgan fingerprint density at radius 1 is 0.913 bits per heavy atom. The van der Waals surface area contributed by atoms with Crippen LogP contribution in [0.15, 0.2) is 58.1 Å².